The van der Waals surface area contributed by atoms with Crippen LogP contribution in [0.25, 0.3) is 16.9 Å². The molecule has 29 heavy (non-hydrogen) atoms. The molecule has 0 aliphatic carbocycles. The fourth-order valence-corrected chi connectivity index (χ4v) is 3.86. The molecule has 1 fully saturated rings. The van der Waals surface area contributed by atoms with E-state index in [0.717, 1.165) is 54.6 Å². The number of ether oxygens (including phenoxy) is 2. The fraction of sp³-hybridized carbons (Fsp3) is 0.348. The van der Waals surface area contributed by atoms with Gasteiger partial charge in [-0.05, 0) is 37.3 Å². The van der Waals surface area contributed by atoms with Crippen molar-refractivity contribution in [1.29, 1.82) is 0 Å². The van der Waals surface area contributed by atoms with Crippen molar-refractivity contribution in [3.8, 4) is 28.4 Å². The monoisotopic (exact) mass is 392 g/mol. The number of nitrogens with zero attached hydrogens (tertiary/aromatic N) is 3. The standard InChI is InChI=1S/C23H28N4O2/c1-17-14-26(12-11-24-17)15-18-16-27(19-7-5-4-6-8-19)25-23(18)21-13-20(28-2)9-10-22(21)29-3/h4-10,13,16-17,24H,11-12,14-15H2,1-3H3/t17-/m0/s1. The molecule has 0 bridgehead atoms. The van der Waals surface area contributed by atoms with Crippen LogP contribution >= 0.6 is 0 Å². The Morgan fingerprint density at radius 1 is 1.10 bits per heavy atom. The second-order valence-electron chi connectivity index (χ2n) is 7.44. The Labute approximate surface area is 172 Å². The van der Waals surface area contributed by atoms with Crippen LogP contribution in [0.15, 0.2) is 54.7 Å². The molecule has 2 heterocycles. The highest BCUT2D eigenvalue weighted by Crippen LogP contribution is 2.35. The van der Waals surface area contributed by atoms with E-state index in [1.165, 1.54) is 5.56 Å². The molecule has 1 atom stereocenters. The molecule has 0 spiro atoms. The summed E-state index contributed by atoms with van der Waals surface area (Å²) in [5.41, 5.74) is 4.08. The molecule has 1 N–H and O–H groups in total. The first-order valence-electron chi connectivity index (χ1n) is 10.00. The number of methoxy groups -OCH3 is 2. The van der Waals surface area contributed by atoms with Gasteiger partial charge in [0.1, 0.15) is 17.2 Å². The van der Waals surface area contributed by atoms with Crippen LogP contribution in [-0.4, -0.2) is 54.6 Å². The van der Waals surface area contributed by atoms with Gasteiger partial charge in [-0.25, -0.2) is 4.68 Å². The Hall–Kier alpha value is -2.83. The number of aromatic nitrogens is 2. The van der Waals surface area contributed by atoms with Gasteiger partial charge in [0.25, 0.3) is 0 Å². The first-order valence-corrected chi connectivity index (χ1v) is 10.00. The highest BCUT2D eigenvalue weighted by atomic mass is 16.5. The van der Waals surface area contributed by atoms with Crippen LogP contribution in [0.4, 0.5) is 0 Å². The summed E-state index contributed by atoms with van der Waals surface area (Å²) in [5.74, 6) is 1.58. The molecule has 2 aromatic carbocycles. The van der Waals surface area contributed by atoms with Gasteiger partial charge in [-0.15, -0.1) is 0 Å². The van der Waals surface area contributed by atoms with E-state index in [9.17, 15) is 0 Å². The third kappa shape index (κ3) is 4.28. The zero-order valence-corrected chi connectivity index (χ0v) is 17.3. The van der Waals surface area contributed by atoms with Gasteiger partial charge in [-0.3, -0.25) is 4.90 Å². The third-order valence-corrected chi connectivity index (χ3v) is 5.32. The Morgan fingerprint density at radius 2 is 1.93 bits per heavy atom. The number of hydrogen-bond acceptors (Lipinski definition) is 5. The van der Waals surface area contributed by atoms with E-state index in [1.807, 2.05) is 41.1 Å². The molecule has 1 aromatic heterocycles. The van der Waals surface area contributed by atoms with Crippen molar-refractivity contribution in [2.24, 2.45) is 0 Å². The summed E-state index contributed by atoms with van der Waals surface area (Å²) < 4.78 is 13.1. The van der Waals surface area contributed by atoms with Gasteiger partial charge in [-0.1, -0.05) is 18.2 Å². The zero-order valence-electron chi connectivity index (χ0n) is 17.3. The van der Waals surface area contributed by atoms with Crippen LogP contribution in [0.5, 0.6) is 11.5 Å². The van der Waals surface area contributed by atoms with Crippen LogP contribution < -0.4 is 14.8 Å². The molecule has 1 saturated heterocycles. The van der Waals surface area contributed by atoms with E-state index >= 15 is 0 Å². The maximum Gasteiger partial charge on any atom is 0.128 e. The zero-order chi connectivity index (χ0) is 20.2. The van der Waals surface area contributed by atoms with Crippen molar-refractivity contribution in [3.63, 3.8) is 0 Å². The maximum absolute atomic E-state index is 5.65. The van der Waals surface area contributed by atoms with Crippen LogP contribution in [-0.2, 0) is 6.54 Å². The number of piperazine rings is 1. The van der Waals surface area contributed by atoms with Crippen molar-refractivity contribution < 1.29 is 9.47 Å². The molecule has 0 amide bonds. The second-order valence-corrected chi connectivity index (χ2v) is 7.44. The molecule has 152 valence electrons. The summed E-state index contributed by atoms with van der Waals surface area (Å²) in [6.45, 7) is 6.12. The van der Waals surface area contributed by atoms with E-state index in [1.54, 1.807) is 14.2 Å². The molecule has 0 radical (unpaired) electrons. The highest BCUT2D eigenvalue weighted by Gasteiger charge is 2.21. The summed E-state index contributed by atoms with van der Waals surface area (Å²) in [4.78, 5) is 2.48. The smallest absolute Gasteiger partial charge is 0.128 e. The topological polar surface area (TPSA) is 51.6 Å². The SMILES string of the molecule is COc1ccc(OC)c(-c2nn(-c3ccccc3)cc2CN2CCN[C@@H](C)C2)c1. The number of rotatable bonds is 6. The van der Waals surface area contributed by atoms with Gasteiger partial charge in [0, 0.05) is 49.5 Å². The molecule has 3 aromatic rings. The van der Waals surface area contributed by atoms with Crippen molar-refractivity contribution in [3.05, 3.63) is 60.3 Å². The summed E-state index contributed by atoms with van der Waals surface area (Å²) in [5, 5.41) is 8.47. The summed E-state index contributed by atoms with van der Waals surface area (Å²) in [7, 11) is 3.37. The average Bonchev–Trinajstić information content (AvgIpc) is 3.17. The molecule has 4 rings (SSSR count). The summed E-state index contributed by atoms with van der Waals surface area (Å²) >= 11 is 0. The lowest BCUT2D eigenvalue weighted by Crippen LogP contribution is -2.48. The molecule has 6 heteroatoms. The predicted molar refractivity (Wildman–Crippen MR) is 115 cm³/mol. The van der Waals surface area contributed by atoms with Crippen molar-refractivity contribution in [2.45, 2.75) is 19.5 Å². The van der Waals surface area contributed by atoms with Crippen LogP contribution in [0.3, 0.4) is 0 Å². The normalized spacial score (nSPS) is 17.3. The predicted octanol–water partition coefficient (Wildman–Crippen LogP) is 3.35. The highest BCUT2D eigenvalue weighted by molar-refractivity contribution is 5.72. The van der Waals surface area contributed by atoms with Gasteiger partial charge in [0.05, 0.1) is 19.9 Å². The molecule has 1 aliphatic rings. The van der Waals surface area contributed by atoms with Gasteiger partial charge in [-0.2, -0.15) is 5.10 Å². The molecular weight excluding hydrogens is 364 g/mol. The van der Waals surface area contributed by atoms with Gasteiger partial charge in [0.15, 0.2) is 0 Å². The third-order valence-electron chi connectivity index (χ3n) is 5.32. The van der Waals surface area contributed by atoms with Gasteiger partial charge >= 0.3 is 0 Å². The lowest BCUT2D eigenvalue weighted by atomic mass is 10.1. The van der Waals surface area contributed by atoms with Crippen LogP contribution in [0.1, 0.15) is 12.5 Å². The molecule has 6 nitrogen and oxygen atoms in total. The second kappa shape index (κ2) is 8.68. The number of benzene rings is 2. The minimum Gasteiger partial charge on any atom is -0.497 e. The average molecular weight is 393 g/mol. The maximum atomic E-state index is 5.65. The van der Waals surface area contributed by atoms with E-state index in [-0.39, 0.29) is 0 Å². The number of nitrogens with one attached hydrogen (secondary N) is 1. The minimum absolute atomic E-state index is 0.489. The van der Waals surface area contributed by atoms with E-state index in [2.05, 4.69) is 35.5 Å². The Kier molecular flexibility index (Phi) is 5.83. The summed E-state index contributed by atoms with van der Waals surface area (Å²) in [6.07, 6.45) is 2.14. The first-order chi connectivity index (χ1) is 14.2. The minimum atomic E-state index is 0.489. The fourth-order valence-electron chi connectivity index (χ4n) is 3.86. The van der Waals surface area contributed by atoms with Crippen LogP contribution in [0.2, 0.25) is 0 Å². The van der Waals surface area contributed by atoms with Crippen molar-refractivity contribution in [1.82, 2.24) is 20.0 Å². The van der Waals surface area contributed by atoms with E-state index in [4.69, 9.17) is 14.6 Å². The molecule has 1 aliphatic heterocycles. The van der Waals surface area contributed by atoms with Crippen LogP contribution in [0, 0.1) is 0 Å². The lowest BCUT2D eigenvalue weighted by Gasteiger charge is -2.31. The Balaban J connectivity index is 1.78. The van der Waals surface area contributed by atoms with E-state index in [0.29, 0.717) is 6.04 Å². The summed E-state index contributed by atoms with van der Waals surface area (Å²) in [6, 6.07) is 16.5. The first kappa shape index (κ1) is 19.5. The lowest BCUT2D eigenvalue weighted by molar-refractivity contribution is 0.200. The quantitative estimate of drug-likeness (QED) is 0.697. The van der Waals surface area contributed by atoms with Crippen molar-refractivity contribution in [2.75, 3.05) is 33.9 Å². The molecular formula is C23H28N4O2. The Morgan fingerprint density at radius 3 is 2.66 bits per heavy atom. The number of para-hydroxylation sites is 1. The largest absolute Gasteiger partial charge is 0.497 e. The van der Waals surface area contributed by atoms with E-state index < -0.39 is 0 Å². The van der Waals surface area contributed by atoms with Gasteiger partial charge in [0.2, 0.25) is 0 Å². The van der Waals surface area contributed by atoms with Gasteiger partial charge < -0.3 is 14.8 Å². The molecule has 0 saturated carbocycles. The number of hydrogen-bond donors (Lipinski definition) is 1. The van der Waals surface area contributed by atoms with Crippen molar-refractivity contribution >= 4 is 0 Å². The molecule has 0 unspecified atom stereocenters. The Bertz CT molecular complexity index is 955.